The number of hydrogen-bond donors (Lipinski definition) is 1. The Bertz CT molecular complexity index is 385. The number of rotatable bonds is 2. The normalized spacial score (nSPS) is 29.0. The van der Waals surface area contributed by atoms with Gasteiger partial charge < -0.3 is 5.32 Å². The van der Waals surface area contributed by atoms with Gasteiger partial charge in [-0.2, -0.15) is 11.8 Å². The molecule has 2 aliphatic rings. The van der Waals surface area contributed by atoms with Gasteiger partial charge in [-0.15, -0.1) is 11.3 Å². The van der Waals surface area contributed by atoms with E-state index in [2.05, 4.69) is 39.1 Å². The molecule has 94 valence electrons. The highest BCUT2D eigenvalue weighted by Gasteiger charge is 2.25. The highest BCUT2D eigenvalue weighted by Crippen LogP contribution is 2.38. The first-order valence-corrected chi connectivity index (χ1v) is 9.21. The fourth-order valence-electron chi connectivity index (χ4n) is 2.85. The Morgan fingerprint density at radius 1 is 1.29 bits per heavy atom. The Balaban J connectivity index is 1.71. The van der Waals surface area contributed by atoms with Crippen molar-refractivity contribution in [2.45, 2.75) is 44.2 Å². The molecule has 1 fully saturated rings. The van der Waals surface area contributed by atoms with Gasteiger partial charge >= 0.3 is 0 Å². The Kier molecular flexibility index (Phi) is 4.15. The van der Waals surface area contributed by atoms with Crippen LogP contribution in [0.3, 0.4) is 0 Å². The Labute approximate surface area is 120 Å². The first-order chi connectivity index (χ1) is 8.33. The van der Waals surface area contributed by atoms with Gasteiger partial charge in [-0.3, -0.25) is 0 Å². The zero-order chi connectivity index (χ0) is 11.7. The zero-order valence-corrected chi connectivity index (χ0v) is 13.1. The molecule has 0 bridgehead atoms. The fraction of sp³-hybridized carbons (Fsp3) is 0.692. The van der Waals surface area contributed by atoms with Crippen molar-refractivity contribution < 1.29 is 0 Å². The second-order valence-corrected chi connectivity index (χ2v) is 8.62. The van der Waals surface area contributed by atoms with Crippen molar-refractivity contribution in [2.24, 2.45) is 0 Å². The lowest BCUT2D eigenvalue weighted by Crippen LogP contribution is -2.37. The summed E-state index contributed by atoms with van der Waals surface area (Å²) in [5.41, 5.74) is 1.57. The Hall–Kier alpha value is 0.490. The van der Waals surface area contributed by atoms with Crippen LogP contribution in [-0.4, -0.2) is 17.5 Å². The van der Waals surface area contributed by atoms with Crippen LogP contribution >= 0.6 is 39.0 Å². The summed E-state index contributed by atoms with van der Waals surface area (Å²) in [6.07, 6.45) is 6.69. The molecule has 1 aromatic heterocycles. The van der Waals surface area contributed by atoms with Crippen LogP contribution in [0.4, 0.5) is 0 Å². The standard InChI is InChI=1S/C13H18BrNS2/c14-13-7-10-11(4-1-5-12(10)17-13)15-9-3-2-6-16-8-9/h7,9,11,15H,1-6,8H2. The van der Waals surface area contributed by atoms with E-state index in [0.29, 0.717) is 6.04 Å². The number of fused-ring (bicyclic) bond motifs is 1. The molecule has 1 aromatic rings. The van der Waals surface area contributed by atoms with Crippen LogP contribution in [0.25, 0.3) is 0 Å². The molecule has 1 saturated heterocycles. The lowest BCUT2D eigenvalue weighted by molar-refractivity contribution is 0.396. The van der Waals surface area contributed by atoms with Crippen LogP contribution in [-0.2, 0) is 6.42 Å². The minimum atomic E-state index is 0.616. The van der Waals surface area contributed by atoms with E-state index in [9.17, 15) is 0 Å². The zero-order valence-electron chi connectivity index (χ0n) is 9.88. The summed E-state index contributed by atoms with van der Waals surface area (Å²) in [6.45, 7) is 0. The summed E-state index contributed by atoms with van der Waals surface area (Å²) >= 11 is 7.67. The van der Waals surface area contributed by atoms with Gasteiger partial charge in [-0.05, 0) is 65.4 Å². The van der Waals surface area contributed by atoms with E-state index in [1.54, 1.807) is 10.4 Å². The number of hydrogen-bond acceptors (Lipinski definition) is 3. The molecule has 1 aliphatic heterocycles. The van der Waals surface area contributed by atoms with Gasteiger partial charge in [0.1, 0.15) is 0 Å². The molecule has 4 heteroatoms. The molecule has 0 amide bonds. The van der Waals surface area contributed by atoms with Crippen LogP contribution in [0.1, 0.15) is 42.2 Å². The fourth-order valence-corrected chi connectivity index (χ4v) is 5.76. The van der Waals surface area contributed by atoms with Gasteiger partial charge in [0.25, 0.3) is 0 Å². The number of thiophene rings is 1. The highest BCUT2D eigenvalue weighted by atomic mass is 79.9. The van der Waals surface area contributed by atoms with E-state index in [1.165, 1.54) is 47.4 Å². The summed E-state index contributed by atoms with van der Waals surface area (Å²) in [7, 11) is 0. The van der Waals surface area contributed by atoms with Crippen molar-refractivity contribution in [1.29, 1.82) is 0 Å². The van der Waals surface area contributed by atoms with Crippen molar-refractivity contribution in [3.63, 3.8) is 0 Å². The van der Waals surface area contributed by atoms with Gasteiger partial charge in [0.2, 0.25) is 0 Å². The summed E-state index contributed by atoms with van der Waals surface area (Å²) < 4.78 is 1.30. The third-order valence-corrected chi connectivity index (χ3v) is 6.61. The lowest BCUT2D eigenvalue weighted by atomic mass is 9.93. The molecule has 1 nitrogen and oxygen atoms in total. The van der Waals surface area contributed by atoms with Gasteiger partial charge in [-0.1, -0.05) is 0 Å². The van der Waals surface area contributed by atoms with E-state index < -0.39 is 0 Å². The number of aryl methyl sites for hydroxylation is 1. The predicted molar refractivity (Wildman–Crippen MR) is 81.2 cm³/mol. The molecule has 2 unspecified atom stereocenters. The largest absolute Gasteiger partial charge is 0.306 e. The first kappa shape index (κ1) is 12.5. The molecule has 0 aromatic carbocycles. The van der Waals surface area contributed by atoms with Crippen LogP contribution in [0.15, 0.2) is 9.85 Å². The predicted octanol–water partition coefficient (Wildman–Crippen LogP) is 4.37. The average molecular weight is 332 g/mol. The number of nitrogens with one attached hydrogen (secondary N) is 1. The highest BCUT2D eigenvalue weighted by molar-refractivity contribution is 9.11. The maximum absolute atomic E-state index is 3.89. The smallest absolute Gasteiger partial charge is 0.0704 e. The second kappa shape index (κ2) is 5.64. The first-order valence-electron chi connectivity index (χ1n) is 6.45. The van der Waals surface area contributed by atoms with E-state index in [-0.39, 0.29) is 0 Å². The molecule has 0 radical (unpaired) electrons. The van der Waals surface area contributed by atoms with Crippen LogP contribution in [0.5, 0.6) is 0 Å². The molecule has 1 aliphatic carbocycles. The molecule has 0 spiro atoms. The molecule has 1 N–H and O–H groups in total. The molecule has 3 rings (SSSR count). The SMILES string of the molecule is Brc1cc2c(s1)CCCC2NC1CCCSC1. The van der Waals surface area contributed by atoms with E-state index >= 15 is 0 Å². The molecule has 2 atom stereocenters. The molecular formula is C13H18BrNS2. The third kappa shape index (κ3) is 2.91. The maximum Gasteiger partial charge on any atom is 0.0704 e. The molecule has 0 saturated carbocycles. The topological polar surface area (TPSA) is 12.0 Å². The van der Waals surface area contributed by atoms with Crippen LogP contribution in [0.2, 0.25) is 0 Å². The van der Waals surface area contributed by atoms with Crippen LogP contribution in [0, 0.1) is 0 Å². The Morgan fingerprint density at radius 3 is 3.06 bits per heavy atom. The average Bonchev–Trinajstić information content (AvgIpc) is 2.72. The quantitative estimate of drug-likeness (QED) is 0.863. The van der Waals surface area contributed by atoms with Crippen LogP contribution < -0.4 is 5.32 Å². The van der Waals surface area contributed by atoms with Gasteiger partial charge in [0, 0.05) is 22.7 Å². The molecule has 17 heavy (non-hydrogen) atoms. The third-order valence-electron chi connectivity index (χ3n) is 3.68. The van der Waals surface area contributed by atoms with Crippen molar-refractivity contribution in [1.82, 2.24) is 5.32 Å². The minimum absolute atomic E-state index is 0.616. The molecular weight excluding hydrogens is 314 g/mol. The Morgan fingerprint density at radius 2 is 2.24 bits per heavy atom. The van der Waals surface area contributed by atoms with E-state index in [1.807, 2.05) is 11.3 Å². The van der Waals surface area contributed by atoms with Crippen molar-refractivity contribution in [2.75, 3.05) is 11.5 Å². The summed E-state index contributed by atoms with van der Waals surface area (Å²) in [6, 6.07) is 3.70. The van der Waals surface area contributed by atoms with Crippen molar-refractivity contribution in [3.8, 4) is 0 Å². The summed E-state index contributed by atoms with van der Waals surface area (Å²) in [5, 5.41) is 3.89. The lowest BCUT2D eigenvalue weighted by Gasteiger charge is -2.30. The van der Waals surface area contributed by atoms with Gasteiger partial charge in [0.05, 0.1) is 3.79 Å². The van der Waals surface area contributed by atoms with E-state index in [4.69, 9.17) is 0 Å². The molecule has 2 heterocycles. The van der Waals surface area contributed by atoms with Crippen molar-refractivity contribution >= 4 is 39.0 Å². The monoisotopic (exact) mass is 331 g/mol. The summed E-state index contributed by atoms with van der Waals surface area (Å²) in [4.78, 5) is 1.60. The van der Waals surface area contributed by atoms with Gasteiger partial charge in [0.15, 0.2) is 0 Å². The van der Waals surface area contributed by atoms with Crippen molar-refractivity contribution in [3.05, 3.63) is 20.3 Å². The number of halogens is 1. The van der Waals surface area contributed by atoms with Gasteiger partial charge in [-0.25, -0.2) is 0 Å². The number of thioether (sulfide) groups is 1. The summed E-state index contributed by atoms with van der Waals surface area (Å²) in [5.74, 6) is 2.66. The maximum atomic E-state index is 3.89. The minimum Gasteiger partial charge on any atom is -0.306 e. The van der Waals surface area contributed by atoms with E-state index in [0.717, 1.165) is 6.04 Å². The second-order valence-electron chi connectivity index (χ2n) is 4.95.